The predicted octanol–water partition coefficient (Wildman–Crippen LogP) is 4.41. The fourth-order valence-corrected chi connectivity index (χ4v) is 5.48. The summed E-state index contributed by atoms with van der Waals surface area (Å²) in [6, 6.07) is 9.74. The maximum Gasteiger partial charge on any atom is 0.410 e. The summed E-state index contributed by atoms with van der Waals surface area (Å²) in [5.41, 5.74) is 2.17. The molecule has 0 N–H and O–H groups in total. The summed E-state index contributed by atoms with van der Waals surface area (Å²) < 4.78 is 11.2. The van der Waals surface area contributed by atoms with Crippen LogP contribution in [0.5, 0.6) is 0 Å². The van der Waals surface area contributed by atoms with Gasteiger partial charge in [0.2, 0.25) is 5.28 Å². The number of halogens is 1. The summed E-state index contributed by atoms with van der Waals surface area (Å²) in [5.74, 6) is 0.808. The van der Waals surface area contributed by atoms with E-state index in [1.807, 2.05) is 56.0 Å². The number of nitrogens with zero attached hydrogens (tertiary/aromatic N) is 5. The Hall–Kier alpha value is -3.07. The molecule has 0 aliphatic carbocycles. The minimum absolute atomic E-state index is 0.0658. The van der Waals surface area contributed by atoms with Gasteiger partial charge in [-0.15, -0.1) is 0 Å². The predicted molar refractivity (Wildman–Crippen MR) is 135 cm³/mol. The van der Waals surface area contributed by atoms with Crippen molar-refractivity contribution in [1.29, 1.82) is 0 Å². The van der Waals surface area contributed by atoms with Crippen molar-refractivity contribution in [1.82, 2.24) is 19.8 Å². The minimum Gasteiger partial charge on any atom is -0.445 e. The van der Waals surface area contributed by atoms with Gasteiger partial charge in [0, 0.05) is 25.2 Å². The highest BCUT2D eigenvalue weighted by Gasteiger charge is 2.45. The number of fused-ring (bicyclic) bond motifs is 3. The molecule has 2 unspecified atom stereocenters. The molecule has 2 fully saturated rings. The standard InChI is InChI=1S/C26H32ClN5O4/c1-26(2,3)36-25(34)32-18-9-10-19(32)14-31(13-18)22-20-11-12-30(15-21(20)28-23(27)29-22)24(33)35-16-17-7-5-4-6-8-17/h4-8,18-19H,9-16H2,1-3H3. The van der Waals surface area contributed by atoms with Crippen LogP contribution in [0.15, 0.2) is 30.3 Å². The second kappa shape index (κ2) is 9.76. The van der Waals surface area contributed by atoms with Gasteiger partial charge in [0.1, 0.15) is 18.0 Å². The van der Waals surface area contributed by atoms with Crippen LogP contribution in [-0.2, 0) is 29.0 Å². The molecular formula is C26H32ClN5O4. The van der Waals surface area contributed by atoms with E-state index >= 15 is 0 Å². The van der Waals surface area contributed by atoms with E-state index in [0.717, 1.165) is 35.5 Å². The van der Waals surface area contributed by atoms with Gasteiger partial charge in [-0.3, -0.25) is 4.90 Å². The third-order valence-electron chi connectivity index (χ3n) is 6.87. The van der Waals surface area contributed by atoms with Gasteiger partial charge in [-0.25, -0.2) is 19.6 Å². The van der Waals surface area contributed by atoms with E-state index in [0.29, 0.717) is 32.6 Å². The molecule has 2 saturated heterocycles. The molecule has 3 aliphatic heterocycles. The normalized spacial score (nSPS) is 21.3. The van der Waals surface area contributed by atoms with E-state index in [4.69, 9.17) is 21.1 Å². The number of aromatic nitrogens is 2. The van der Waals surface area contributed by atoms with Gasteiger partial charge in [-0.2, -0.15) is 0 Å². The summed E-state index contributed by atoms with van der Waals surface area (Å²) >= 11 is 6.34. The lowest BCUT2D eigenvalue weighted by Gasteiger charge is -2.42. The zero-order chi connectivity index (χ0) is 25.4. The van der Waals surface area contributed by atoms with Crippen LogP contribution in [0.3, 0.4) is 0 Å². The first-order valence-corrected chi connectivity index (χ1v) is 12.8. The van der Waals surface area contributed by atoms with Gasteiger partial charge in [0.15, 0.2) is 0 Å². The molecule has 0 radical (unpaired) electrons. The molecule has 2 bridgehead atoms. The highest BCUT2D eigenvalue weighted by molar-refractivity contribution is 6.28. The molecule has 10 heteroatoms. The van der Waals surface area contributed by atoms with Crippen LogP contribution in [0, 0.1) is 0 Å². The van der Waals surface area contributed by atoms with Gasteiger partial charge < -0.3 is 19.3 Å². The Labute approximate surface area is 216 Å². The van der Waals surface area contributed by atoms with E-state index in [1.165, 1.54) is 0 Å². The molecule has 0 spiro atoms. The minimum atomic E-state index is -0.527. The third-order valence-corrected chi connectivity index (χ3v) is 7.03. The molecule has 5 rings (SSSR count). The largest absolute Gasteiger partial charge is 0.445 e. The fourth-order valence-electron chi connectivity index (χ4n) is 5.30. The number of hydrogen-bond donors (Lipinski definition) is 0. The van der Waals surface area contributed by atoms with Gasteiger partial charge in [-0.05, 0) is 57.2 Å². The van der Waals surface area contributed by atoms with E-state index in [2.05, 4.69) is 14.9 Å². The van der Waals surface area contributed by atoms with Crippen molar-refractivity contribution in [3.05, 3.63) is 52.4 Å². The zero-order valence-corrected chi connectivity index (χ0v) is 21.7. The number of benzene rings is 1. The molecule has 1 aromatic carbocycles. The van der Waals surface area contributed by atoms with E-state index in [9.17, 15) is 9.59 Å². The summed E-state index contributed by atoms with van der Waals surface area (Å²) in [6.07, 6.45) is 1.86. The molecule has 9 nitrogen and oxygen atoms in total. The summed E-state index contributed by atoms with van der Waals surface area (Å²) in [7, 11) is 0. The van der Waals surface area contributed by atoms with Gasteiger partial charge in [0.05, 0.1) is 24.3 Å². The van der Waals surface area contributed by atoms with E-state index in [1.54, 1.807) is 4.90 Å². The van der Waals surface area contributed by atoms with Crippen LogP contribution in [0.2, 0.25) is 5.28 Å². The van der Waals surface area contributed by atoms with Crippen molar-refractivity contribution >= 4 is 29.6 Å². The second-order valence-corrected chi connectivity index (χ2v) is 11.0. The molecule has 192 valence electrons. The van der Waals surface area contributed by atoms with Gasteiger partial charge in [-0.1, -0.05) is 30.3 Å². The molecule has 3 aliphatic rings. The molecule has 0 saturated carbocycles. The van der Waals surface area contributed by atoms with Crippen LogP contribution in [0.4, 0.5) is 15.4 Å². The topological polar surface area (TPSA) is 88.1 Å². The average Bonchev–Trinajstić information content (AvgIpc) is 3.11. The van der Waals surface area contributed by atoms with Crippen LogP contribution >= 0.6 is 11.6 Å². The van der Waals surface area contributed by atoms with Crippen LogP contribution in [0.1, 0.15) is 50.4 Å². The van der Waals surface area contributed by atoms with Crippen LogP contribution < -0.4 is 4.90 Å². The SMILES string of the molecule is CC(C)(C)OC(=O)N1C2CCC1CN(c1nc(Cl)nc3c1CCN(C(=O)OCc1ccccc1)C3)C2. The second-order valence-electron chi connectivity index (χ2n) is 10.6. The number of hydrogen-bond acceptors (Lipinski definition) is 7. The van der Waals surface area contributed by atoms with Gasteiger partial charge in [0.25, 0.3) is 0 Å². The Kier molecular flexibility index (Phi) is 6.68. The van der Waals surface area contributed by atoms with Crippen molar-refractivity contribution in [2.75, 3.05) is 24.5 Å². The number of rotatable bonds is 3. The Bertz CT molecular complexity index is 1130. The number of ether oxygens (including phenoxy) is 2. The Morgan fingerprint density at radius 1 is 1.06 bits per heavy atom. The monoisotopic (exact) mass is 513 g/mol. The molecule has 36 heavy (non-hydrogen) atoms. The molecular weight excluding hydrogens is 482 g/mol. The number of carbonyl (C=O) groups excluding carboxylic acids is 2. The molecule has 2 atom stereocenters. The van der Waals surface area contributed by atoms with Crippen LogP contribution in [-0.4, -0.2) is 69.3 Å². The zero-order valence-electron chi connectivity index (χ0n) is 20.9. The highest BCUT2D eigenvalue weighted by atomic mass is 35.5. The van der Waals surface area contributed by atoms with Crippen molar-refractivity contribution in [2.45, 2.75) is 70.9 Å². The smallest absolute Gasteiger partial charge is 0.410 e. The summed E-state index contributed by atoms with van der Waals surface area (Å²) in [6.45, 7) is 8.06. The average molecular weight is 514 g/mol. The van der Waals surface area contributed by atoms with Gasteiger partial charge >= 0.3 is 12.2 Å². The van der Waals surface area contributed by atoms with E-state index < -0.39 is 5.60 Å². The summed E-state index contributed by atoms with van der Waals surface area (Å²) in [5, 5.41) is 0.158. The first-order valence-electron chi connectivity index (χ1n) is 12.4. The first-order chi connectivity index (χ1) is 17.2. The molecule has 2 aromatic rings. The Morgan fingerprint density at radius 2 is 1.75 bits per heavy atom. The van der Waals surface area contributed by atoms with Crippen molar-refractivity contribution in [2.24, 2.45) is 0 Å². The van der Waals surface area contributed by atoms with Crippen LogP contribution in [0.25, 0.3) is 0 Å². The highest BCUT2D eigenvalue weighted by Crippen LogP contribution is 2.36. The number of piperazine rings is 1. The number of amides is 2. The summed E-state index contributed by atoms with van der Waals surface area (Å²) in [4.78, 5) is 40.4. The van der Waals surface area contributed by atoms with Crippen molar-refractivity contribution < 1.29 is 19.1 Å². The number of anilines is 1. The fraction of sp³-hybridized carbons (Fsp3) is 0.538. The lowest BCUT2D eigenvalue weighted by atomic mass is 10.0. The quantitative estimate of drug-likeness (QED) is 0.561. The lowest BCUT2D eigenvalue weighted by molar-refractivity contribution is 0.0122. The third kappa shape index (κ3) is 5.21. The maximum atomic E-state index is 12.8. The van der Waals surface area contributed by atoms with Crippen molar-refractivity contribution in [3.63, 3.8) is 0 Å². The Balaban J connectivity index is 1.28. The first kappa shape index (κ1) is 24.6. The number of carbonyl (C=O) groups is 2. The van der Waals surface area contributed by atoms with E-state index in [-0.39, 0.29) is 36.2 Å². The lowest BCUT2D eigenvalue weighted by Crippen LogP contribution is -2.57. The molecule has 2 amide bonds. The maximum absolute atomic E-state index is 12.8. The molecule has 1 aromatic heterocycles. The molecule has 4 heterocycles. The van der Waals surface area contributed by atoms with Crippen molar-refractivity contribution in [3.8, 4) is 0 Å². The Morgan fingerprint density at radius 3 is 2.42 bits per heavy atom.